The molecule has 0 atom stereocenters. The lowest BCUT2D eigenvalue weighted by Crippen LogP contribution is -2.45. The number of fused-ring (bicyclic) bond motifs is 1. The summed E-state index contributed by atoms with van der Waals surface area (Å²) < 4.78 is 6.25. The van der Waals surface area contributed by atoms with Crippen LogP contribution in [-0.4, -0.2) is 49.6 Å². The number of hydrogen-bond acceptors (Lipinski definition) is 4. The van der Waals surface area contributed by atoms with Crippen LogP contribution < -0.4 is 4.90 Å². The zero-order valence-electron chi connectivity index (χ0n) is 10.3. The van der Waals surface area contributed by atoms with Crippen molar-refractivity contribution in [3.05, 3.63) is 27.3 Å². The molecule has 6 heteroatoms. The topological polar surface area (TPSA) is 49.9 Å². The summed E-state index contributed by atoms with van der Waals surface area (Å²) in [5.41, 5.74) is 1.24. The van der Waals surface area contributed by atoms with E-state index in [9.17, 15) is 9.59 Å². The Morgan fingerprint density at radius 2 is 1.95 bits per heavy atom. The number of carbonyl (C=O) groups excluding carboxylic acids is 2. The summed E-state index contributed by atoms with van der Waals surface area (Å²) in [4.78, 5) is 27.7. The average molecular weight is 372 g/mol. The molecule has 2 heterocycles. The molecule has 0 N–H and O–H groups in total. The van der Waals surface area contributed by atoms with E-state index in [1.807, 2.05) is 12.1 Å². The fraction of sp³-hybridized carbons (Fsp3) is 0.385. The highest BCUT2D eigenvalue weighted by Gasteiger charge is 2.36. The number of carbonyl (C=O) groups is 2. The molecular formula is C13H13IN2O3. The second-order valence-corrected chi connectivity index (χ2v) is 5.84. The van der Waals surface area contributed by atoms with Crippen LogP contribution >= 0.6 is 22.6 Å². The molecule has 0 aromatic heterocycles. The summed E-state index contributed by atoms with van der Waals surface area (Å²) >= 11 is 2.14. The first-order valence-electron chi connectivity index (χ1n) is 6.12. The monoisotopic (exact) mass is 372 g/mol. The SMILES string of the molecule is O=C1C(=O)N(CN2CCOCC2)c2ccc(I)cc21. The van der Waals surface area contributed by atoms with Crippen molar-refractivity contribution in [3.8, 4) is 0 Å². The molecule has 0 bridgehead atoms. The summed E-state index contributed by atoms with van der Waals surface area (Å²) in [5.74, 6) is -0.828. The normalized spacial score (nSPS) is 19.9. The maximum absolute atomic E-state index is 12.1. The molecule has 3 rings (SSSR count). The van der Waals surface area contributed by atoms with Crippen molar-refractivity contribution in [1.29, 1.82) is 0 Å². The van der Waals surface area contributed by atoms with Crippen molar-refractivity contribution in [2.45, 2.75) is 0 Å². The van der Waals surface area contributed by atoms with Gasteiger partial charge in [0, 0.05) is 16.7 Å². The molecule has 0 aliphatic carbocycles. The van der Waals surface area contributed by atoms with Crippen LogP contribution in [0.5, 0.6) is 0 Å². The van der Waals surface area contributed by atoms with Gasteiger partial charge in [0.1, 0.15) is 0 Å². The largest absolute Gasteiger partial charge is 0.379 e. The molecule has 100 valence electrons. The third-order valence-electron chi connectivity index (χ3n) is 3.38. The zero-order chi connectivity index (χ0) is 13.4. The van der Waals surface area contributed by atoms with Crippen LogP contribution in [0.3, 0.4) is 0 Å². The predicted octanol–water partition coefficient (Wildman–Crippen LogP) is 1.11. The van der Waals surface area contributed by atoms with Crippen molar-refractivity contribution in [1.82, 2.24) is 4.90 Å². The third-order valence-corrected chi connectivity index (χ3v) is 4.05. The zero-order valence-corrected chi connectivity index (χ0v) is 12.4. The molecule has 0 radical (unpaired) electrons. The Balaban J connectivity index is 1.86. The molecule has 2 aliphatic rings. The Bertz CT molecular complexity index is 541. The Kier molecular flexibility index (Phi) is 3.55. The molecule has 1 aromatic carbocycles. The lowest BCUT2D eigenvalue weighted by atomic mass is 10.1. The van der Waals surface area contributed by atoms with Crippen molar-refractivity contribution >= 4 is 40.0 Å². The first-order valence-corrected chi connectivity index (χ1v) is 7.20. The molecule has 2 aliphatic heterocycles. The van der Waals surface area contributed by atoms with Gasteiger partial charge < -0.3 is 4.74 Å². The molecule has 5 nitrogen and oxygen atoms in total. The molecule has 1 fully saturated rings. The summed E-state index contributed by atoms with van der Waals surface area (Å²) in [7, 11) is 0. The smallest absolute Gasteiger partial charge is 0.300 e. The number of halogens is 1. The number of ketones is 1. The Morgan fingerprint density at radius 1 is 1.21 bits per heavy atom. The average Bonchev–Trinajstić information content (AvgIpc) is 2.65. The minimum absolute atomic E-state index is 0.401. The fourth-order valence-corrected chi connectivity index (χ4v) is 2.85. The van der Waals surface area contributed by atoms with Gasteiger partial charge in [-0.25, -0.2) is 0 Å². The number of anilines is 1. The number of Topliss-reactive ketones (excluding diaryl/α,β-unsaturated/α-hetero) is 1. The van der Waals surface area contributed by atoms with Crippen molar-refractivity contribution in [2.75, 3.05) is 37.9 Å². The Labute approximate surface area is 124 Å². The van der Waals surface area contributed by atoms with Crippen LogP contribution in [0.2, 0.25) is 0 Å². The van der Waals surface area contributed by atoms with E-state index in [1.54, 1.807) is 11.0 Å². The summed E-state index contributed by atoms with van der Waals surface area (Å²) in [6.07, 6.45) is 0. The lowest BCUT2D eigenvalue weighted by Gasteiger charge is -2.30. The van der Waals surface area contributed by atoms with Gasteiger partial charge in [-0.15, -0.1) is 0 Å². The van der Waals surface area contributed by atoms with Gasteiger partial charge in [-0.05, 0) is 40.8 Å². The quantitative estimate of drug-likeness (QED) is 0.577. The van der Waals surface area contributed by atoms with E-state index in [-0.39, 0.29) is 0 Å². The van der Waals surface area contributed by atoms with E-state index < -0.39 is 11.7 Å². The van der Waals surface area contributed by atoms with Gasteiger partial charge in [-0.1, -0.05) is 0 Å². The number of rotatable bonds is 2. The number of ether oxygens (including phenoxy) is 1. The summed E-state index contributed by atoms with van der Waals surface area (Å²) in [6.45, 7) is 3.39. The molecule has 1 amide bonds. The van der Waals surface area contributed by atoms with Gasteiger partial charge in [0.25, 0.3) is 5.78 Å². The van der Waals surface area contributed by atoms with Gasteiger partial charge >= 0.3 is 5.91 Å². The molecule has 1 saturated heterocycles. The van der Waals surface area contributed by atoms with Crippen molar-refractivity contribution in [3.63, 3.8) is 0 Å². The van der Waals surface area contributed by atoms with Crippen LogP contribution in [-0.2, 0) is 9.53 Å². The van der Waals surface area contributed by atoms with Crippen LogP contribution in [0.15, 0.2) is 18.2 Å². The van der Waals surface area contributed by atoms with E-state index in [1.165, 1.54) is 0 Å². The highest BCUT2D eigenvalue weighted by atomic mass is 127. The van der Waals surface area contributed by atoms with E-state index in [0.29, 0.717) is 25.4 Å². The maximum Gasteiger partial charge on any atom is 0.300 e. The van der Waals surface area contributed by atoms with Crippen LogP contribution in [0.25, 0.3) is 0 Å². The molecule has 1 aromatic rings. The molecule has 0 saturated carbocycles. The number of benzene rings is 1. The van der Waals surface area contributed by atoms with E-state index in [2.05, 4.69) is 27.5 Å². The van der Waals surface area contributed by atoms with Crippen LogP contribution in [0, 0.1) is 3.57 Å². The predicted molar refractivity (Wildman–Crippen MR) is 78.2 cm³/mol. The molecule has 19 heavy (non-hydrogen) atoms. The highest BCUT2D eigenvalue weighted by Crippen LogP contribution is 2.30. The minimum atomic E-state index is -0.427. The van der Waals surface area contributed by atoms with Gasteiger partial charge in [-0.3, -0.25) is 19.4 Å². The second kappa shape index (κ2) is 5.18. The number of amides is 1. The third kappa shape index (κ3) is 2.39. The van der Waals surface area contributed by atoms with E-state index >= 15 is 0 Å². The Hall–Kier alpha value is -0.990. The summed E-state index contributed by atoms with van der Waals surface area (Å²) in [6, 6.07) is 5.54. The maximum atomic E-state index is 12.1. The van der Waals surface area contributed by atoms with E-state index in [0.717, 1.165) is 22.3 Å². The second-order valence-electron chi connectivity index (χ2n) is 4.60. The van der Waals surface area contributed by atoms with Crippen molar-refractivity contribution < 1.29 is 14.3 Å². The van der Waals surface area contributed by atoms with Gasteiger partial charge in [0.05, 0.1) is 31.1 Å². The van der Waals surface area contributed by atoms with Crippen molar-refractivity contribution in [2.24, 2.45) is 0 Å². The summed E-state index contributed by atoms with van der Waals surface area (Å²) in [5, 5.41) is 0. The molecular weight excluding hydrogens is 359 g/mol. The molecule has 0 spiro atoms. The van der Waals surface area contributed by atoms with Gasteiger partial charge in [0.2, 0.25) is 0 Å². The number of morpholine rings is 1. The lowest BCUT2D eigenvalue weighted by molar-refractivity contribution is -0.114. The van der Waals surface area contributed by atoms with Crippen LogP contribution in [0.4, 0.5) is 5.69 Å². The minimum Gasteiger partial charge on any atom is -0.379 e. The first kappa shape index (κ1) is 13.0. The first-order chi connectivity index (χ1) is 9.16. The Morgan fingerprint density at radius 3 is 2.68 bits per heavy atom. The number of nitrogens with zero attached hydrogens (tertiary/aromatic N) is 2. The van der Waals surface area contributed by atoms with E-state index in [4.69, 9.17) is 4.74 Å². The van der Waals surface area contributed by atoms with Gasteiger partial charge in [-0.2, -0.15) is 0 Å². The van der Waals surface area contributed by atoms with Crippen LogP contribution in [0.1, 0.15) is 10.4 Å². The number of hydrogen-bond donors (Lipinski definition) is 0. The fourth-order valence-electron chi connectivity index (χ4n) is 2.36. The van der Waals surface area contributed by atoms with Gasteiger partial charge in [0.15, 0.2) is 0 Å². The standard InChI is InChI=1S/C13H13IN2O3/c14-9-1-2-11-10(7-9)12(17)13(18)16(11)8-15-3-5-19-6-4-15/h1-2,7H,3-6,8H2. The highest BCUT2D eigenvalue weighted by molar-refractivity contribution is 14.1. The molecule has 0 unspecified atom stereocenters.